The number of H-pyrrole nitrogens is 1. The van der Waals surface area contributed by atoms with Crippen LogP contribution in [0.4, 0.5) is 8.78 Å². The first-order chi connectivity index (χ1) is 17.0. The lowest BCUT2D eigenvalue weighted by atomic mass is 10.0. The molecular weight excluding hydrogens is 448 g/mol. The van der Waals surface area contributed by atoms with Crippen molar-refractivity contribution in [1.29, 1.82) is 0 Å². The molecule has 2 atom stereocenters. The molecule has 3 aromatic heterocycles. The van der Waals surface area contributed by atoms with E-state index in [1.54, 1.807) is 24.4 Å². The zero-order chi connectivity index (χ0) is 24.1. The van der Waals surface area contributed by atoms with E-state index < -0.39 is 17.7 Å². The Kier molecular flexibility index (Phi) is 5.33. The highest BCUT2D eigenvalue weighted by molar-refractivity contribution is 5.96. The molecule has 8 heteroatoms. The van der Waals surface area contributed by atoms with Crippen molar-refractivity contribution in [3.8, 4) is 11.3 Å². The Morgan fingerprint density at radius 2 is 1.94 bits per heavy atom. The number of halogens is 2. The van der Waals surface area contributed by atoms with Crippen LogP contribution in [0.5, 0.6) is 0 Å². The van der Waals surface area contributed by atoms with Crippen LogP contribution in [0.15, 0.2) is 48.9 Å². The molecule has 1 aliphatic heterocycles. The zero-order valence-corrected chi connectivity index (χ0v) is 19.3. The average molecular weight is 474 g/mol. The van der Waals surface area contributed by atoms with Crippen molar-refractivity contribution in [2.24, 2.45) is 0 Å². The average Bonchev–Trinajstić information content (AvgIpc) is 3.61. The van der Waals surface area contributed by atoms with E-state index in [0.29, 0.717) is 12.0 Å². The van der Waals surface area contributed by atoms with Crippen LogP contribution in [0.1, 0.15) is 45.9 Å². The van der Waals surface area contributed by atoms with Gasteiger partial charge in [0.2, 0.25) is 0 Å². The molecule has 178 valence electrons. The molecule has 6 nitrogen and oxygen atoms in total. The summed E-state index contributed by atoms with van der Waals surface area (Å²) in [5.74, 6) is -2.11. The normalized spacial score (nSPS) is 19.9. The quantitative estimate of drug-likeness (QED) is 0.451. The van der Waals surface area contributed by atoms with Gasteiger partial charge in [-0.2, -0.15) is 0 Å². The fraction of sp³-hybridized carbons (Fsp3) is 0.296. The monoisotopic (exact) mass is 473 g/mol. The van der Waals surface area contributed by atoms with E-state index in [0.717, 1.165) is 59.3 Å². The molecule has 0 spiro atoms. The maximum atomic E-state index is 14.9. The lowest BCUT2D eigenvalue weighted by Gasteiger charge is -2.30. The molecular formula is C27H25F2N5O. The number of hydrogen-bond donors (Lipinski definition) is 2. The molecule has 2 aliphatic rings. The lowest BCUT2D eigenvalue weighted by molar-refractivity contribution is 0.0905. The van der Waals surface area contributed by atoms with Gasteiger partial charge in [-0.25, -0.2) is 13.8 Å². The van der Waals surface area contributed by atoms with Crippen LogP contribution in [-0.2, 0) is 6.42 Å². The first-order valence-corrected chi connectivity index (χ1v) is 11.9. The number of aromatic amines is 1. The minimum Gasteiger partial charge on any atom is -0.346 e. The van der Waals surface area contributed by atoms with E-state index >= 15 is 0 Å². The van der Waals surface area contributed by atoms with Gasteiger partial charge in [0.15, 0.2) is 11.6 Å². The predicted molar refractivity (Wildman–Crippen MR) is 129 cm³/mol. The summed E-state index contributed by atoms with van der Waals surface area (Å²) < 4.78 is 29.0. The first-order valence-electron chi connectivity index (χ1n) is 11.9. The Hall–Kier alpha value is -3.65. The number of pyridine rings is 2. The molecule has 1 saturated heterocycles. The van der Waals surface area contributed by atoms with Crippen LogP contribution in [0.2, 0.25) is 0 Å². The van der Waals surface area contributed by atoms with Crippen LogP contribution < -0.4 is 5.32 Å². The molecule has 2 N–H and O–H groups in total. The summed E-state index contributed by atoms with van der Waals surface area (Å²) in [7, 11) is 0. The standard InChI is InChI=1S/C27H25F2N5O/c1-15-13-32-26-22(15)18(8-9-30-26)20-7-5-17(14-31-20)27(35)33-25-21(34-10-2-3-11-34)12-16-4-6-19(28)24(29)23(16)25/h4-9,13-14,21,25H,2-3,10-12H2,1H3,(H,30,32)(H,33,35)/t21-,25+/m1/s1. The number of nitrogens with one attached hydrogen (secondary N) is 2. The number of amides is 1. The number of benzene rings is 1. The van der Waals surface area contributed by atoms with Crippen molar-refractivity contribution in [3.63, 3.8) is 0 Å². The number of hydrogen-bond acceptors (Lipinski definition) is 4. The Morgan fingerprint density at radius 1 is 1.11 bits per heavy atom. The number of aromatic nitrogens is 3. The predicted octanol–water partition coefficient (Wildman–Crippen LogP) is 4.70. The SMILES string of the molecule is Cc1c[nH]c2nccc(-c3ccc(C(=O)N[C@@H]4c5c(ccc(F)c5F)C[C@H]4N4CCCC4)cn3)c12. The summed E-state index contributed by atoms with van der Waals surface area (Å²) >= 11 is 0. The molecule has 4 heterocycles. The smallest absolute Gasteiger partial charge is 0.253 e. The van der Waals surface area contributed by atoms with E-state index in [1.165, 1.54) is 12.3 Å². The van der Waals surface area contributed by atoms with Gasteiger partial charge >= 0.3 is 0 Å². The van der Waals surface area contributed by atoms with Gasteiger partial charge in [0.05, 0.1) is 17.3 Å². The third-order valence-corrected chi connectivity index (χ3v) is 7.32. The van der Waals surface area contributed by atoms with Gasteiger partial charge in [0.25, 0.3) is 5.91 Å². The number of rotatable bonds is 4. The van der Waals surface area contributed by atoms with Gasteiger partial charge in [-0.05, 0) is 74.7 Å². The number of nitrogens with zero attached hydrogens (tertiary/aromatic N) is 3. The van der Waals surface area contributed by atoms with E-state index in [4.69, 9.17) is 0 Å². The van der Waals surface area contributed by atoms with E-state index in [-0.39, 0.29) is 17.5 Å². The fourth-order valence-electron chi connectivity index (χ4n) is 5.58. The topological polar surface area (TPSA) is 73.9 Å². The maximum Gasteiger partial charge on any atom is 0.253 e. The summed E-state index contributed by atoms with van der Waals surface area (Å²) in [6.07, 6.45) is 7.88. The van der Waals surface area contributed by atoms with E-state index in [9.17, 15) is 13.6 Å². The fourth-order valence-corrected chi connectivity index (χ4v) is 5.58. The first kappa shape index (κ1) is 21.9. The molecule has 4 aromatic rings. The Morgan fingerprint density at radius 3 is 2.71 bits per heavy atom. The van der Waals surface area contributed by atoms with Crippen LogP contribution in [0, 0.1) is 18.6 Å². The van der Waals surface area contributed by atoms with Crippen molar-refractivity contribution in [2.75, 3.05) is 13.1 Å². The molecule has 0 saturated carbocycles. The van der Waals surface area contributed by atoms with Crippen LogP contribution >= 0.6 is 0 Å². The van der Waals surface area contributed by atoms with Crippen LogP contribution in [-0.4, -0.2) is 44.9 Å². The number of fused-ring (bicyclic) bond motifs is 2. The molecule has 0 bridgehead atoms. The van der Waals surface area contributed by atoms with Gasteiger partial charge in [-0.15, -0.1) is 0 Å². The zero-order valence-electron chi connectivity index (χ0n) is 19.3. The highest BCUT2D eigenvalue weighted by atomic mass is 19.2. The second-order valence-electron chi connectivity index (χ2n) is 9.39. The van der Waals surface area contributed by atoms with Gasteiger partial charge in [-0.1, -0.05) is 6.07 Å². The van der Waals surface area contributed by atoms with Crippen molar-refractivity contribution in [2.45, 2.75) is 38.3 Å². The third kappa shape index (κ3) is 3.69. The van der Waals surface area contributed by atoms with Gasteiger partial charge in [-0.3, -0.25) is 14.7 Å². The molecule has 1 aliphatic carbocycles. The van der Waals surface area contributed by atoms with Crippen LogP contribution in [0.3, 0.4) is 0 Å². The molecule has 1 aromatic carbocycles. The number of aryl methyl sites for hydroxylation is 1. The minimum absolute atomic E-state index is 0.0957. The highest BCUT2D eigenvalue weighted by Gasteiger charge is 2.40. The van der Waals surface area contributed by atoms with Crippen molar-refractivity contribution in [1.82, 2.24) is 25.2 Å². The van der Waals surface area contributed by atoms with E-state index in [2.05, 4.69) is 25.2 Å². The van der Waals surface area contributed by atoms with Crippen LogP contribution in [0.25, 0.3) is 22.3 Å². The second kappa shape index (κ2) is 8.53. The summed E-state index contributed by atoms with van der Waals surface area (Å²) in [6, 6.07) is 7.52. The summed E-state index contributed by atoms with van der Waals surface area (Å²) in [4.78, 5) is 27.6. The maximum absolute atomic E-state index is 14.9. The Balaban J connectivity index is 1.29. The summed E-state index contributed by atoms with van der Waals surface area (Å²) in [6.45, 7) is 3.79. The molecule has 0 unspecified atom stereocenters. The largest absolute Gasteiger partial charge is 0.346 e. The Bertz CT molecular complexity index is 1430. The van der Waals surface area contributed by atoms with Gasteiger partial charge < -0.3 is 10.3 Å². The molecule has 0 radical (unpaired) electrons. The van der Waals surface area contributed by atoms with Gasteiger partial charge in [0.1, 0.15) is 5.65 Å². The highest BCUT2D eigenvalue weighted by Crippen LogP contribution is 2.38. The second-order valence-corrected chi connectivity index (χ2v) is 9.39. The minimum atomic E-state index is -0.889. The number of carbonyl (C=O) groups is 1. The Labute approximate surface area is 201 Å². The summed E-state index contributed by atoms with van der Waals surface area (Å²) in [5, 5.41) is 3.99. The van der Waals surface area contributed by atoms with Crippen molar-refractivity contribution in [3.05, 3.63) is 82.8 Å². The number of likely N-dealkylation sites (tertiary alicyclic amines) is 1. The van der Waals surface area contributed by atoms with E-state index in [1.807, 2.05) is 19.2 Å². The third-order valence-electron chi connectivity index (χ3n) is 7.32. The lowest BCUT2D eigenvalue weighted by Crippen LogP contribution is -2.43. The summed E-state index contributed by atoms with van der Waals surface area (Å²) in [5.41, 5.74) is 4.89. The molecule has 1 amide bonds. The van der Waals surface area contributed by atoms with Gasteiger partial charge in [0, 0.05) is 41.1 Å². The molecule has 35 heavy (non-hydrogen) atoms. The van der Waals surface area contributed by atoms with Crippen molar-refractivity contribution >= 4 is 16.9 Å². The number of carbonyl (C=O) groups excluding carboxylic acids is 1. The molecule has 1 fully saturated rings. The molecule has 6 rings (SSSR count). The van der Waals surface area contributed by atoms with Crippen molar-refractivity contribution < 1.29 is 13.6 Å².